The predicted molar refractivity (Wildman–Crippen MR) is 110 cm³/mol. The number of anilines is 1. The number of para-hydroxylation sites is 1. The Hall–Kier alpha value is -2.90. The molecule has 0 aliphatic rings. The lowest BCUT2D eigenvalue weighted by atomic mass is 10.1. The van der Waals surface area contributed by atoms with E-state index in [-0.39, 0.29) is 5.82 Å². The summed E-state index contributed by atoms with van der Waals surface area (Å²) in [7, 11) is 0. The number of carbonyl (C=O) groups is 1. The average Bonchev–Trinajstić information content (AvgIpc) is 3.14. The van der Waals surface area contributed by atoms with Crippen molar-refractivity contribution in [2.24, 2.45) is 0 Å². The third-order valence-electron chi connectivity index (χ3n) is 4.80. The zero-order valence-electron chi connectivity index (χ0n) is 16.4. The number of benzene rings is 2. The number of unbranched alkanes of at least 4 members (excludes halogenated alkanes) is 1. The van der Waals surface area contributed by atoms with Crippen LogP contribution in [0, 0.1) is 12.7 Å². The molecular weight excluding hydrogens is 373 g/mol. The molecule has 3 rings (SSSR count). The number of aryl methyl sites for hydroxylation is 1. The molecule has 2 aromatic carbocycles. The first-order chi connectivity index (χ1) is 14.1. The van der Waals surface area contributed by atoms with Crippen LogP contribution in [0.4, 0.5) is 10.1 Å². The fourth-order valence-corrected chi connectivity index (χ4v) is 3.22. The van der Waals surface area contributed by atoms with Gasteiger partial charge in [0, 0.05) is 11.1 Å². The molecule has 0 aliphatic heterocycles. The minimum Gasteiger partial charge on any atom is -0.460 e. The lowest BCUT2D eigenvalue weighted by Crippen LogP contribution is -2.38. The van der Waals surface area contributed by atoms with E-state index in [0.717, 1.165) is 36.1 Å². The molecule has 6 nitrogen and oxygen atoms in total. The number of hydrogen-bond donors (Lipinski definition) is 4. The van der Waals surface area contributed by atoms with Crippen LogP contribution < -0.4 is 16.1 Å². The first-order valence-electron chi connectivity index (χ1n) is 9.71. The molecule has 1 aromatic heterocycles. The van der Waals surface area contributed by atoms with E-state index in [2.05, 4.69) is 10.6 Å². The maximum absolute atomic E-state index is 13.4. The van der Waals surface area contributed by atoms with E-state index in [0.29, 0.717) is 24.2 Å². The molecule has 0 saturated heterocycles. The summed E-state index contributed by atoms with van der Waals surface area (Å²) >= 11 is 0. The monoisotopic (exact) mass is 399 g/mol. The van der Waals surface area contributed by atoms with Crippen molar-refractivity contribution in [1.29, 1.82) is 0 Å². The summed E-state index contributed by atoms with van der Waals surface area (Å²) in [5.74, 6) is 0.0773. The van der Waals surface area contributed by atoms with E-state index in [4.69, 9.17) is 9.62 Å². The number of furan rings is 1. The van der Waals surface area contributed by atoms with Gasteiger partial charge in [0.2, 0.25) is 0 Å². The summed E-state index contributed by atoms with van der Waals surface area (Å²) in [6.45, 7) is 3.08. The van der Waals surface area contributed by atoms with Crippen molar-refractivity contribution in [1.82, 2.24) is 10.8 Å². The van der Waals surface area contributed by atoms with E-state index in [1.54, 1.807) is 24.5 Å². The van der Waals surface area contributed by atoms with Gasteiger partial charge in [-0.05, 0) is 68.6 Å². The average molecular weight is 399 g/mol. The predicted octanol–water partition coefficient (Wildman–Crippen LogP) is 4.13. The van der Waals surface area contributed by atoms with Crippen molar-refractivity contribution < 1.29 is 18.8 Å². The molecule has 0 spiro atoms. The van der Waals surface area contributed by atoms with Gasteiger partial charge in [-0.3, -0.25) is 10.0 Å². The van der Waals surface area contributed by atoms with Crippen LogP contribution in [0.1, 0.15) is 30.6 Å². The van der Waals surface area contributed by atoms with E-state index < -0.39 is 11.9 Å². The third kappa shape index (κ3) is 5.79. The molecule has 3 aromatic rings. The number of carbonyl (C=O) groups excluding carboxylic acids is 1. The van der Waals surface area contributed by atoms with Gasteiger partial charge in [-0.2, -0.15) is 0 Å². The van der Waals surface area contributed by atoms with Crippen LogP contribution in [0.15, 0.2) is 52.9 Å². The SMILES string of the molecule is Cc1cc(N[C@H](CCCCNCc2cc3ccccc3o2)C(=O)NO)ccc1F. The quantitative estimate of drug-likeness (QED) is 0.234. The Bertz CT molecular complexity index is 924. The number of halogens is 1. The van der Waals surface area contributed by atoms with E-state index in [1.165, 1.54) is 6.07 Å². The van der Waals surface area contributed by atoms with E-state index in [9.17, 15) is 9.18 Å². The second kappa shape index (κ2) is 10.0. The largest absolute Gasteiger partial charge is 0.460 e. The van der Waals surface area contributed by atoms with Gasteiger partial charge in [-0.25, -0.2) is 9.87 Å². The number of nitrogens with one attached hydrogen (secondary N) is 3. The highest BCUT2D eigenvalue weighted by Crippen LogP contribution is 2.19. The molecule has 1 atom stereocenters. The van der Waals surface area contributed by atoms with Gasteiger partial charge in [0.15, 0.2) is 0 Å². The summed E-state index contributed by atoms with van der Waals surface area (Å²) in [4.78, 5) is 11.9. The van der Waals surface area contributed by atoms with Gasteiger partial charge < -0.3 is 15.1 Å². The van der Waals surface area contributed by atoms with Gasteiger partial charge in [0.05, 0.1) is 6.54 Å². The second-order valence-electron chi connectivity index (χ2n) is 7.06. The van der Waals surface area contributed by atoms with Gasteiger partial charge in [-0.15, -0.1) is 0 Å². The summed E-state index contributed by atoms with van der Waals surface area (Å²) < 4.78 is 19.2. The molecule has 0 fully saturated rings. The maximum Gasteiger partial charge on any atom is 0.265 e. The van der Waals surface area contributed by atoms with Crippen molar-refractivity contribution in [3.63, 3.8) is 0 Å². The first kappa shape index (κ1) is 20.8. The van der Waals surface area contributed by atoms with Crippen LogP contribution >= 0.6 is 0 Å². The topological polar surface area (TPSA) is 86.5 Å². The van der Waals surface area contributed by atoms with Crippen LogP contribution in [0.25, 0.3) is 11.0 Å². The minimum absolute atomic E-state index is 0.297. The van der Waals surface area contributed by atoms with Crippen molar-refractivity contribution in [3.8, 4) is 0 Å². The number of amides is 1. The highest BCUT2D eigenvalue weighted by atomic mass is 19.1. The summed E-state index contributed by atoms with van der Waals surface area (Å²) in [6, 6.07) is 13.9. The van der Waals surface area contributed by atoms with E-state index >= 15 is 0 Å². The zero-order valence-corrected chi connectivity index (χ0v) is 16.4. The van der Waals surface area contributed by atoms with Crippen molar-refractivity contribution in [2.75, 3.05) is 11.9 Å². The first-order valence-corrected chi connectivity index (χ1v) is 9.71. The third-order valence-corrected chi connectivity index (χ3v) is 4.80. The Morgan fingerprint density at radius 1 is 1.17 bits per heavy atom. The van der Waals surface area contributed by atoms with Crippen LogP contribution in [-0.4, -0.2) is 23.7 Å². The molecule has 0 saturated carbocycles. The van der Waals surface area contributed by atoms with Crippen molar-refractivity contribution >= 4 is 22.6 Å². The lowest BCUT2D eigenvalue weighted by molar-refractivity contribution is -0.130. The summed E-state index contributed by atoms with van der Waals surface area (Å²) in [5, 5.41) is 16.5. The molecular formula is C22H26FN3O3. The Morgan fingerprint density at radius 3 is 2.76 bits per heavy atom. The summed E-state index contributed by atoms with van der Waals surface area (Å²) in [5.41, 5.74) is 3.71. The summed E-state index contributed by atoms with van der Waals surface area (Å²) in [6.07, 6.45) is 2.17. The second-order valence-corrected chi connectivity index (χ2v) is 7.06. The smallest absolute Gasteiger partial charge is 0.265 e. The van der Waals surface area contributed by atoms with Crippen LogP contribution in [0.5, 0.6) is 0 Å². The maximum atomic E-state index is 13.4. The Labute approximate surface area is 169 Å². The van der Waals surface area contributed by atoms with Gasteiger partial charge in [0.1, 0.15) is 23.2 Å². The van der Waals surface area contributed by atoms with E-state index in [1.807, 2.05) is 30.3 Å². The normalized spacial score (nSPS) is 12.1. The van der Waals surface area contributed by atoms with Crippen LogP contribution in [0.3, 0.4) is 0 Å². The Morgan fingerprint density at radius 2 is 2.00 bits per heavy atom. The highest BCUT2D eigenvalue weighted by molar-refractivity contribution is 5.83. The molecule has 154 valence electrons. The fourth-order valence-electron chi connectivity index (χ4n) is 3.22. The Kier molecular flexibility index (Phi) is 7.21. The molecule has 7 heteroatoms. The molecule has 4 N–H and O–H groups in total. The number of hydroxylamine groups is 1. The number of hydrogen-bond acceptors (Lipinski definition) is 5. The fraction of sp³-hybridized carbons (Fsp3) is 0.318. The molecule has 1 amide bonds. The molecule has 29 heavy (non-hydrogen) atoms. The van der Waals surface area contributed by atoms with Gasteiger partial charge >= 0.3 is 0 Å². The highest BCUT2D eigenvalue weighted by Gasteiger charge is 2.17. The van der Waals surface area contributed by atoms with Crippen LogP contribution in [0.2, 0.25) is 0 Å². The molecule has 0 aliphatic carbocycles. The molecule has 0 radical (unpaired) electrons. The molecule has 1 heterocycles. The van der Waals surface area contributed by atoms with Gasteiger partial charge in [0.25, 0.3) is 5.91 Å². The van der Waals surface area contributed by atoms with Crippen molar-refractivity contribution in [2.45, 2.75) is 38.8 Å². The zero-order chi connectivity index (χ0) is 20.6. The lowest BCUT2D eigenvalue weighted by Gasteiger charge is -2.18. The van der Waals surface area contributed by atoms with Crippen molar-refractivity contribution in [3.05, 3.63) is 65.7 Å². The Balaban J connectivity index is 1.42. The standard InChI is InChI=1S/C22H26FN3O3/c1-15-12-17(9-10-19(15)23)25-20(22(27)26-28)7-4-5-11-24-14-18-13-16-6-2-3-8-21(16)29-18/h2-3,6,8-10,12-13,20,24-25,28H,4-5,7,11,14H2,1H3,(H,26,27)/t20-/m1/s1. The minimum atomic E-state index is -0.597. The van der Waals surface area contributed by atoms with Crippen LogP contribution in [-0.2, 0) is 11.3 Å². The van der Waals surface area contributed by atoms with Gasteiger partial charge in [-0.1, -0.05) is 18.2 Å². The molecule has 0 bridgehead atoms. The number of fused-ring (bicyclic) bond motifs is 1. The molecule has 0 unspecified atom stereocenters. The number of rotatable bonds is 10.